The van der Waals surface area contributed by atoms with Gasteiger partial charge in [0, 0.05) is 18.1 Å². The highest BCUT2D eigenvalue weighted by Gasteiger charge is 2.23. The molecule has 2 heterocycles. The third-order valence-electron chi connectivity index (χ3n) is 4.87. The van der Waals surface area contributed by atoms with Crippen molar-refractivity contribution in [3.05, 3.63) is 48.5 Å². The first-order valence-corrected chi connectivity index (χ1v) is 9.57. The number of anilines is 2. The monoisotopic (exact) mass is 377 g/mol. The number of aromatic nitrogens is 5. The number of primary amides is 1. The van der Waals surface area contributed by atoms with Gasteiger partial charge in [0.25, 0.3) is 0 Å². The van der Waals surface area contributed by atoms with Gasteiger partial charge in [-0.3, -0.25) is 4.79 Å². The Labute approximate surface area is 163 Å². The summed E-state index contributed by atoms with van der Waals surface area (Å²) in [5.74, 6) is 1.20. The van der Waals surface area contributed by atoms with Gasteiger partial charge in [0.1, 0.15) is 0 Å². The predicted octanol–water partition coefficient (Wildman–Crippen LogP) is 3.01. The lowest BCUT2D eigenvalue weighted by Gasteiger charge is -2.23. The second kappa shape index (κ2) is 8.16. The van der Waals surface area contributed by atoms with Gasteiger partial charge in [-0.25, -0.2) is 19.6 Å². The van der Waals surface area contributed by atoms with Gasteiger partial charge in [-0.1, -0.05) is 37.5 Å². The summed E-state index contributed by atoms with van der Waals surface area (Å²) in [4.78, 5) is 24.7. The van der Waals surface area contributed by atoms with Gasteiger partial charge in [-0.05, 0) is 25.0 Å². The Morgan fingerprint density at radius 2 is 1.82 bits per heavy atom. The number of hydrogen-bond acceptors (Lipinski definition) is 6. The first-order chi connectivity index (χ1) is 13.7. The van der Waals surface area contributed by atoms with Crippen molar-refractivity contribution in [3.63, 3.8) is 0 Å². The molecular formula is C20H23N7O. The van der Waals surface area contributed by atoms with Crippen molar-refractivity contribution < 1.29 is 4.79 Å². The zero-order valence-electron chi connectivity index (χ0n) is 15.6. The van der Waals surface area contributed by atoms with E-state index in [1.54, 1.807) is 12.4 Å². The van der Waals surface area contributed by atoms with Crippen LogP contribution in [0.4, 0.5) is 11.6 Å². The van der Waals surface area contributed by atoms with E-state index in [2.05, 4.69) is 25.4 Å². The van der Waals surface area contributed by atoms with Crippen molar-refractivity contribution in [2.45, 2.75) is 44.6 Å². The molecule has 0 unspecified atom stereocenters. The number of nitrogens with zero attached hydrogens (tertiary/aromatic N) is 5. The molecule has 28 heavy (non-hydrogen) atoms. The summed E-state index contributed by atoms with van der Waals surface area (Å²) in [5.41, 5.74) is 7.02. The molecule has 0 spiro atoms. The van der Waals surface area contributed by atoms with Gasteiger partial charge < -0.3 is 11.1 Å². The molecule has 4 rings (SSSR count). The molecule has 1 aliphatic rings. The van der Waals surface area contributed by atoms with E-state index < -0.39 is 5.91 Å². The molecule has 0 bridgehead atoms. The van der Waals surface area contributed by atoms with Crippen molar-refractivity contribution in [3.8, 4) is 11.4 Å². The summed E-state index contributed by atoms with van der Waals surface area (Å²) in [6.45, 7) is 0. The average molecular weight is 377 g/mol. The van der Waals surface area contributed by atoms with Gasteiger partial charge in [-0.2, -0.15) is 5.10 Å². The number of para-hydroxylation sites is 1. The summed E-state index contributed by atoms with van der Waals surface area (Å²) in [6, 6.07) is 10.0. The van der Waals surface area contributed by atoms with Crippen LogP contribution in [0, 0.1) is 0 Å². The number of carbonyl (C=O) groups excluding carboxylic acids is 1. The van der Waals surface area contributed by atoms with Crippen LogP contribution in [-0.2, 0) is 11.2 Å². The number of nitrogens with one attached hydrogen (secondary N) is 1. The quantitative estimate of drug-likeness (QED) is 0.683. The van der Waals surface area contributed by atoms with E-state index in [0.717, 1.165) is 24.1 Å². The fourth-order valence-corrected chi connectivity index (χ4v) is 3.53. The average Bonchev–Trinajstić information content (AvgIpc) is 3.13. The highest BCUT2D eigenvalue weighted by molar-refractivity contribution is 5.75. The van der Waals surface area contributed by atoms with Gasteiger partial charge in [0.05, 0.1) is 18.0 Å². The molecule has 0 atom stereocenters. The Bertz CT molecular complexity index is 931. The lowest BCUT2D eigenvalue weighted by molar-refractivity contribution is -0.117. The number of hydrogen-bond donors (Lipinski definition) is 2. The van der Waals surface area contributed by atoms with Crippen molar-refractivity contribution in [1.29, 1.82) is 0 Å². The highest BCUT2D eigenvalue weighted by atomic mass is 16.1. The summed E-state index contributed by atoms with van der Waals surface area (Å²) in [6.07, 6.45) is 9.20. The predicted molar refractivity (Wildman–Crippen MR) is 106 cm³/mol. The minimum atomic E-state index is -0.439. The summed E-state index contributed by atoms with van der Waals surface area (Å²) in [7, 11) is 0. The molecule has 0 saturated heterocycles. The Hall–Kier alpha value is -3.29. The minimum Gasteiger partial charge on any atom is -0.369 e. The maximum atomic E-state index is 11.3. The maximum Gasteiger partial charge on any atom is 0.227 e. The van der Waals surface area contributed by atoms with Crippen LogP contribution in [0.15, 0.2) is 42.7 Å². The SMILES string of the molecule is NC(=O)Cc1nc(-c2cnc(Nc3ccccc3)nc2)n(C2CCCCC2)n1. The Balaban J connectivity index is 1.61. The first kappa shape index (κ1) is 18.1. The lowest BCUT2D eigenvalue weighted by Crippen LogP contribution is -2.17. The minimum absolute atomic E-state index is 0.0290. The molecule has 0 radical (unpaired) electrons. The van der Waals surface area contributed by atoms with Crippen LogP contribution in [-0.4, -0.2) is 30.6 Å². The molecule has 1 aromatic carbocycles. The maximum absolute atomic E-state index is 11.3. The van der Waals surface area contributed by atoms with Crippen LogP contribution in [0.1, 0.15) is 44.0 Å². The molecule has 1 amide bonds. The topological polar surface area (TPSA) is 112 Å². The standard InChI is InChI=1S/C20H23N7O/c21-17(28)11-18-25-19(27(26-18)16-9-5-2-6-10-16)14-12-22-20(23-13-14)24-15-7-3-1-4-8-15/h1,3-4,7-8,12-13,16H,2,5-6,9-11H2,(H2,21,28)(H,22,23,24). The summed E-state index contributed by atoms with van der Waals surface area (Å²) in [5, 5.41) is 7.74. The number of rotatable bonds is 6. The van der Waals surface area contributed by atoms with E-state index in [9.17, 15) is 4.79 Å². The van der Waals surface area contributed by atoms with Crippen molar-refractivity contribution >= 4 is 17.5 Å². The fraction of sp³-hybridized carbons (Fsp3) is 0.350. The van der Waals surface area contributed by atoms with Crippen molar-refractivity contribution in [1.82, 2.24) is 24.7 Å². The third kappa shape index (κ3) is 4.16. The summed E-state index contributed by atoms with van der Waals surface area (Å²) >= 11 is 0. The van der Waals surface area contributed by atoms with E-state index in [0.29, 0.717) is 17.6 Å². The van der Waals surface area contributed by atoms with Gasteiger partial charge in [0.15, 0.2) is 11.6 Å². The molecule has 144 valence electrons. The normalized spacial score (nSPS) is 14.7. The number of amides is 1. The largest absolute Gasteiger partial charge is 0.369 e. The number of benzene rings is 1. The fourth-order valence-electron chi connectivity index (χ4n) is 3.53. The third-order valence-corrected chi connectivity index (χ3v) is 4.87. The molecule has 1 saturated carbocycles. The van der Waals surface area contributed by atoms with Crippen LogP contribution in [0.3, 0.4) is 0 Å². The molecule has 8 nitrogen and oxygen atoms in total. The molecule has 3 N–H and O–H groups in total. The Morgan fingerprint density at radius 1 is 1.11 bits per heavy atom. The molecule has 0 aliphatic heterocycles. The van der Waals surface area contributed by atoms with Crippen LogP contribution in [0.5, 0.6) is 0 Å². The van der Waals surface area contributed by atoms with E-state index >= 15 is 0 Å². The van der Waals surface area contributed by atoms with Gasteiger partial charge in [-0.15, -0.1) is 0 Å². The van der Waals surface area contributed by atoms with E-state index in [-0.39, 0.29) is 12.5 Å². The molecular weight excluding hydrogens is 354 g/mol. The zero-order valence-corrected chi connectivity index (χ0v) is 15.6. The second-order valence-corrected chi connectivity index (χ2v) is 7.02. The molecule has 3 aromatic rings. The van der Waals surface area contributed by atoms with Crippen LogP contribution < -0.4 is 11.1 Å². The van der Waals surface area contributed by atoms with Crippen LogP contribution in [0.25, 0.3) is 11.4 Å². The van der Waals surface area contributed by atoms with Crippen LogP contribution in [0.2, 0.25) is 0 Å². The van der Waals surface area contributed by atoms with Gasteiger partial charge >= 0.3 is 0 Å². The van der Waals surface area contributed by atoms with Crippen molar-refractivity contribution in [2.75, 3.05) is 5.32 Å². The second-order valence-electron chi connectivity index (χ2n) is 7.02. The van der Waals surface area contributed by atoms with Gasteiger partial charge in [0.2, 0.25) is 11.9 Å². The van der Waals surface area contributed by atoms with E-state index in [4.69, 9.17) is 5.73 Å². The molecule has 2 aromatic heterocycles. The smallest absolute Gasteiger partial charge is 0.227 e. The lowest BCUT2D eigenvalue weighted by atomic mass is 9.95. The summed E-state index contributed by atoms with van der Waals surface area (Å²) < 4.78 is 1.93. The Kier molecular flexibility index (Phi) is 5.27. The molecule has 1 fully saturated rings. The van der Waals surface area contributed by atoms with Crippen molar-refractivity contribution in [2.24, 2.45) is 5.73 Å². The molecule has 8 heteroatoms. The number of nitrogens with two attached hydrogens (primary N) is 1. The zero-order chi connectivity index (χ0) is 19.3. The van der Waals surface area contributed by atoms with E-state index in [1.165, 1.54) is 19.3 Å². The Morgan fingerprint density at radius 3 is 2.50 bits per heavy atom. The highest BCUT2D eigenvalue weighted by Crippen LogP contribution is 2.31. The van der Waals surface area contributed by atoms with E-state index in [1.807, 2.05) is 35.0 Å². The van der Waals surface area contributed by atoms with Crippen LogP contribution >= 0.6 is 0 Å². The first-order valence-electron chi connectivity index (χ1n) is 9.57. The molecule has 1 aliphatic carbocycles. The number of carbonyl (C=O) groups is 1.